The second-order valence-electron chi connectivity index (χ2n) is 6.18. The largest absolute Gasteiger partial charge is 0.489 e. The van der Waals surface area contributed by atoms with Crippen LogP contribution >= 0.6 is 0 Å². The molecule has 2 aromatic carbocycles. The molecule has 0 saturated carbocycles. The van der Waals surface area contributed by atoms with Crippen molar-refractivity contribution < 1.29 is 19.0 Å². The Morgan fingerprint density at radius 1 is 1.20 bits per heavy atom. The second-order valence-corrected chi connectivity index (χ2v) is 6.18. The van der Waals surface area contributed by atoms with Crippen LogP contribution < -0.4 is 10.1 Å². The van der Waals surface area contributed by atoms with Crippen molar-refractivity contribution in [3.63, 3.8) is 0 Å². The zero-order valence-electron chi connectivity index (χ0n) is 14.6. The summed E-state index contributed by atoms with van der Waals surface area (Å²) in [7, 11) is 0. The van der Waals surface area contributed by atoms with Gasteiger partial charge in [0.2, 0.25) is 0 Å². The zero-order chi connectivity index (χ0) is 17.6. The number of benzene rings is 2. The molecule has 1 aliphatic heterocycles. The van der Waals surface area contributed by atoms with E-state index in [1.54, 1.807) is 0 Å². The lowest BCUT2D eigenvalue weighted by molar-refractivity contribution is -0.142. The van der Waals surface area contributed by atoms with Crippen LogP contribution in [0.1, 0.15) is 16.7 Å². The summed E-state index contributed by atoms with van der Waals surface area (Å²) in [5.74, 6) is 0.588. The maximum atomic E-state index is 12.2. The van der Waals surface area contributed by atoms with Crippen LogP contribution in [0.4, 0.5) is 5.69 Å². The molecule has 3 rings (SSSR count). The molecule has 1 saturated heterocycles. The van der Waals surface area contributed by atoms with Crippen LogP contribution in [0.25, 0.3) is 0 Å². The number of rotatable bonds is 5. The molecular formula is C20H23NO4. The fraction of sp³-hybridized carbons (Fsp3) is 0.350. The molecule has 2 aromatic rings. The Morgan fingerprint density at radius 2 is 2.08 bits per heavy atom. The minimum absolute atomic E-state index is 0.184. The molecule has 0 unspecified atom stereocenters. The molecule has 0 radical (unpaired) electrons. The van der Waals surface area contributed by atoms with Crippen LogP contribution in [0.3, 0.4) is 0 Å². The Bertz CT molecular complexity index is 738. The predicted molar refractivity (Wildman–Crippen MR) is 95.9 cm³/mol. The Labute approximate surface area is 147 Å². The van der Waals surface area contributed by atoms with Gasteiger partial charge in [-0.25, -0.2) is 0 Å². The topological polar surface area (TPSA) is 56.8 Å². The Kier molecular flexibility index (Phi) is 5.68. The molecule has 1 heterocycles. The van der Waals surface area contributed by atoms with Gasteiger partial charge in [0.1, 0.15) is 12.4 Å². The summed E-state index contributed by atoms with van der Waals surface area (Å²) in [6.45, 7) is 5.79. The molecule has 1 N–H and O–H groups in total. The van der Waals surface area contributed by atoms with Crippen LogP contribution in [-0.4, -0.2) is 31.8 Å². The average molecular weight is 341 g/mol. The van der Waals surface area contributed by atoms with E-state index in [0.29, 0.717) is 26.4 Å². The highest BCUT2D eigenvalue weighted by Gasteiger charge is 2.23. The van der Waals surface area contributed by atoms with Crippen molar-refractivity contribution in [2.24, 2.45) is 0 Å². The lowest BCUT2D eigenvalue weighted by Crippen LogP contribution is -2.39. The van der Waals surface area contributed by atoms with Crippen molar-refractivity contribution in [2.75, 3.05) is 25.1 Å². The summed E-state index contributed by atoms with van der Waals surface area (Å²) in [5.41, 5.74) is 4.03. The number of anilines is 1. The van der Waals surface area contributed by atoms with Crippen LogP contribution in [0.15, 0.2) is 42.5 Å². The van der Waals surface area contributed by atoms with Crippen molar-refractivity contribution in [1.29, 1.82) is 0 Å². The summed E-state index contributed by atoms with van der Waals surface area (Å²) < 4.78 is 16.5. The third-order valence-electron chi connectivity index (χ3n) is 4.05. The highest BCUT2D eigenvalue weighted by atomic mass is 16.6. The van der Waals surface area contributed by atoms with Crippen LogP contribution in [0.2, 0.25) is 0 Å². The minimum atomic E-state index is -0.551. The maximum absolute atomic E-state index is 12.2. The molecule has 0 aliphatic carbocycles. The minimum Gasteiger partial charge on any atom is -0.489 e. The Hall–Kier alpha value is -2.37. The van der Waals surface area contributed by atoms with Gasteiger partial charge in [-0.2, -0.15) is 0 Å². The second kappa shape index (κ2) is 8.14. The van der Waals surface area contributed by atoms with E-state index in [4.69, 9.17) is 14.2 Å². The van der Waals surface area contributed by atoms with Crippen molar-refractivity contribution >= 4 is 11.6 Å². The predicted octanol–water partition coefficient (Wildman–Crippen LogP) is 3.24. The van der Waals surface area contributed by atoms with E-state index in [2.05, 4.69) is 24.4 Å². The number of hydrogen-bond acceptors (Lipinski definition) is 4. The fourth-order valence-corrected chi connectivity index (χ4v) is 2.69. The summed E-state index contributed by atoms with van der Waals surface area (Å²) >= 11 is 0. The van der Waals surface area contributed by atoms with Crippen molar-refractivity contribution in [2.45, 2.75) is 26.6 Å². The van der Waals surface area contributed by atoms with E-state index in [1.807, 2.05) is 37.3 Å². The molecule has 1 fully saturated rings. The summed E-state index contributed by atoms with van der Waals surface area (Å²) in [6.07, 6.45) is -0.551. The lowest BCUT2D eigenvalue weighted by atomic mass is 10.1. The summed E-state index contributed by atoms with van der Waals surface area (Å²) in [6, 6.07) is 13.9. The standard InChI is InChI=1S/C20H23NO4/c1-14-4-3-5-16(10-14)12-25-17-6-7-18(15(2)11-17)21-20(22)19-13-23-8-9-24-19/h3-7,10-11,19H,8-9,12-13H2,1-2H3,(H,21,22)/t19-/m1/s1. The monoisotopic (exact) mass is 341 g/mol. The van der Waals surface area contributed by atoms with Crippen molar-refractivity contribution in [1.82, 2.24) is 0 Å². The summed E-state index contributed by atoms with van der Waals surface area (Å²) in [5, 5.41) is 2.89. The van der Waals surface area contributed by atoms with Crippen molar-refractivity contribution in [3.05, 3.63) is 59.2 Å². The van der Waals surface area contributed by atoms with Crippen LogP contribution in [0, 0.1) is 13.8 Å². The molecule has 0 spiro atoms. The first-order chi connectivity index (χ1) is 12.1. The number of carbonyl (C=O) groups excluding carboxylic acids is 1. The van der Waals surface area contributed by atoms with Crippen LogP contribution in [-0.2, 0) is 20.9 Å². The quantitative estimate of drug-likeness (QED) is 0.907. The zero-order valence-corrected chi connectivity index (χ0v) is 14.6. The molecule has 1 aliphatic rings. The number of carbonyl (C=O) groups is 1. The van der Waals surface area contributed by atoms with E-state index in [1.165, 1.54) is 5.56 Å². The Morgan fingerprint density at radius 3 is 2.80 bits per heavy atom. The van der Waals surface area contributed by atoms with Gasteiger partial charge in [-0.1, -0.05) is 29.8 Å². The molecule has 1 amide bonds. The molecule has 132 valence electrons. The van der Waals surface area contributed by atoms with E-state index in [9.17, 15) is 4.79 Å². The van der Waals surface area contributed by atoms with E-state index < -0.39 is 6.10 Å². The Balaban J connectivity index is 1.59. The van der Waals surface area contributed by atoms with E-state index >= 15 is 0 Å². The third-order valence-corrected chi connectivity index (χ3v) is 4.05. The first-order valence-corrected chi connectivity index (χ1v) is 8.41. The van der Waals surface area contributed by atoms with Gasteiger partial charge in [0.15, 0.2) is 6.10 Å². The number of nitrogens with one attached hydrogen (secondary N) is 1. The number of hydrogen-bond donors (Lipinski definition) is 1. The van der Waals surface area contributed by atoms with E-state index in [0.717, 1.165) is 22.6 Å². The first-order valence-electron chi connectivity index (χ1n) is 8.41. The summed E-state index contributed by atoms with van der Waals surface area (Å²) in [4.78, 5) is 12.2. The number of ether oxygens (including phenoxy) is 3. The maximum Gasteiger partial charge on any atom is 0.255 e. The van der Waals surface area contributed by atoms with Gasteiger partial charge in [-0.15, -0.1) is 0 Å². The van der Waals surface area contributed by atoms with Gasteiger partial charge < -0.3 is 19.5 Å². The number of amides is 1. The highest BCUT2D eigenvalue weighted by Crippen LogP contribution is 2.23. The number of aryl methyl sites for hydroxylation is 2. The van der Waals surface area contributed by atoms with E-state index in [-0.39, 0.29) is 5.91 Å². The van der Waals surface area contributed by atoms with Gasteiger partial charge >= 0.3 is 0 Å². The third kappa shape index (κ3) is 4.81. The molecule has 0 aromatic heterocycles. The molecular weight excluding hydrogens is 318 g/mol. The molecule has 25 heavy (non-hydrogen) atoms. The molecule has 1 atom stereocenters. The van der Waals surface area contributed by atoms with Gasteiger partial charge in [0.25, 0.3) is 5.91 Å². The van der Waals surface area contributed by atoms with Gasteiger partial charge in [-0.3, -0.25) is 4.79 Å². The van der Waals surface area contributed by atoms with Gasteiger partial charge in [-0.05, 0) is 43.2 Å². The first kappa shape index (κ1) is 17.5. The highest BCUT2D eigenvalue weighted by molar-refractivity contribution is 5.95. The van der Waals surface area contributed by atoms with Crippen molar-refractivity contribution in [3.8, 4) is 5.75 Å². The molecule has 5 heteroatoms. The van der Waals surface area contributed by atoms with Gasteiger partial charge in [0, 0.05) is 5.69 Å². The molecule has 5 nitrogen and oxygen atoms in total. The average Bonchev–Trinajstić information content (AvgIpc) is 2.63. The smallest absolute Gasteiger partial charge is 0.255 e. The fourth-order valence-electron chi connectivity index (χ4n) is 2.69. The molecule has 0 bridgehead atoms. The van der Waals surface area contributed by atoms with Crippen LogP contribution in [0.5, 0.6) is 5.75 Å². The van der Waals surface area contributed by atoms with Gasteiger partial charge in [0.05, 0.1) is 19.8 Å². The normalized spacial score (nSPS) is 17.1. The lowest BCUT2D eigenvalue weighted by Gasteiger charge is -2.22. The SMILES string of the molecule is Cc1cccc(COc2ccc(NC(=O)[C@H]3COCCO3)c(C)c2)c1.